The molecule has 0 saturated carbocycles. The van der Waals surface area contributed by atoms with Gasteiger partial charge >= 0.3 is 11.6 Å². The molecule has 0 radical (unpaired) electrons. The molecule has 0 aliphatic carbocycles. The first kappa shape index (κ1) is 36.0. The highest BCUT2D eigenvalue weighted by Gasteiger charge is 2.17. The lowest BCUT2D eigenvalue weighted by Gasteiger charge is -2.18. The third-order valence-electron chi connectivity index (χ3n) is 7.88. The van der Waals surface area contributed by atoms with Crippen molar-refractivity contribution >= 4 is 58.0 Å². The second kappa shape index (κ2) is 17.9. The van der Waals surface area contributed by atoms with Crippen molar-refractivity contribution in [1.29, 1.82) is 0 Å². The molecule has 0 fully saturated rings. The maximum Gasteiger partial charge on any atom is 0.350 e. The van der Waals surface area contributed by atoms with Gasteiger partial charge in [0.25, 0.3) is 11.8 Å². The second-order valence-corrected chi connectivity index (χ2v) is 12.5. The predicted molar refractivity (Wildman–Crippen MR) is 194 cm³/mol. The number of carbonyl (C=O) groups is 2. The van der Waals surface area contributed by atoms with Gasteiger partial charge in [0.15, 0.2) is 0 Å². The first-order valence-electron chi connectivity index (χ1n) is 16.2. The number of benzene rings is 3. The number of aromatic nitrogens is 2. The zero-order chi connectivity index (χ0) is 35.3. The maximum absolute atomic E-state index is 13.2. The zero-order valence-electron chi connectivity index (χ0n) is 27.9. The molecule has 2 heterocycles. The summed E-state index contributed by atoms with van der Waals surface area (Å²) in [5, 5.41) is 18.7. The Morgan fingerprint density at radius 3 is 1.30 bits per heavy atom. The van der Waals surface area contributed by atoms with Crippen molar-refractivity contribution in [2.75, 3.05) is 27.2 Å². The summed E-state index contributed by atoms with van der Waals surface area (Å²) in [5.74, 6) is 1.20. The molecule has 0 bridgehead atoms. The number of carbonyl (C=O) groups excluding carboxylic acids is 2. The van der Waals surface area contributed by atoms with Crippen LogP contribution in [0, 0.1) is 0 Å². The summed E-state index contributed by atoms with van der Waals surface area (Å²) in [7, 11) is 3.56. The summed E-state index contributed by atoms with van der Waals surface area (Å²) in [4.78, 5) is 29.7. The number of nitrogens with zero attached hydrogens (tertiary/aromatic N) is 8. The third kappa shape index (κ3) is 10.3. The molecule has 3 aromatic carbocycles. The number of azo groups is 2. The topological polar surface area (TPSA) is 97.8 Å². The molecule has 0 atom stereocenters. The first-order valence-corrected chi connectivity index (χ1v) is 16.9. The third-order valence-corrected chi connectivity index (χ3v) is 8.38. The number of hydrogen-bond acceptors (Lipinski definition) is 6. The molecule has 0 unspecified atom stereocenters. The molecule has 2 aromatic heterocycles. The van der Waals surface area contributed by atoms with Crippen molar-refractivity contribution in [3.63, 3.8) is 0 Å². The van der Waals surface area contributed by atoms with Crippen LogP contribution in [0.15, 0.2) is 142 Å². The molecule has 50 heavy (non-hydrogen) atoms. The number of rotatable bonds is 14. The summed E-state index contributed by atoms with van der Waals surface area (Å²) >= 11 is 11.9. The molecule has 5 aromatic rings. The van der Waals surface area contributed by atoms with Gasteiger partial charge in [-0.15, -0.1) is 0 Å². The van der Waals surface area contributed by atoms with E-state index in [-0.39, 0.29) is 11.8 Å². The van der Waals surface area contributed by atoms with Crippen LogP contribution in [-0.4, -0.2) is 48.8 Å². The first-order chi connectivity index (χ1) is 24.3. The predicted octanol–water partition coefficient (Wildman–Crippen LogP) is 8.72. The lowest BCUT2D eigenvalue weighted by Crippen LogP contribution is -2.36. The average molecular weight is 710 g/mol. The Morgan fingerprint density at radius 2 is 0.920 bits per heavy atom. The fourth-order valence-electron chi connectivity index (χ4n) is 5.08. The number of amides is 2. The van der Waals surface area contributed by atoms with E-state index in [1.165, 1.54) is 0 Å². The van der Waals surface area contributed by atoms with Crippen molar-refractivity contribution in [3.8, 4) is 0 Å². The van der Waals surface area contributed by atoms with Crippen LogP contribution in [0.5, 0.6) is 0 Å². The minimum absolute atomic E-state index is 0.109. The molecular weight excluding hydrogens is 671 g/mol. The molecule has 254 valence electrons. The van der Waals surface area contributed by atoms with Crippen molar-refractivity contribution in [2.45, 2.75) is 25.9 Å². The Kier molecular flexibility index (Phi) is 12.9. The van der Waals surface area contributed by atoms with Crippen molar-refractivity contribution in [3.05, 3.63) is 143 Å². The molecule has 0 saturated heterocycles. The standard InChI is InChI=1S/C38H38Cl2N8O2/c1-45(23-7-27-47-25-5-3-9-35(47)43-41-33-19-15-31(39)16-20-33)37(49)29-11-13-30(14-12-29)38(50)46(2)24-8-28-48-26-6-4-10-36(48)44-42-34-21-17-32(40)18-22-34/h3-6,9-22,25-26H,7-8,23-24,27-28H2,1-2H3/q+2. The summed E-state index contributed by atoms with van der Waals surface area (Å²) in [6, 6.07) is 32.6. The number of pyridine rings is 2. The lowest BCUT2D eigenvalue weighted by atomic mass is 10.1. The van der Waals surface area contributed by atoms with E-state index >= 15 is 0 Å². The Labute approximate surface area is 302 Å². The van der Waals surface area contributed by atoms with E-state index in [9.17, 15) is 9.59 Å². The fraction of sp³-hybridized carbons (Fsp3) is 0.211. The van der Waals surface area contributed by atoms with Gasteiger partial charge in [0.05, 0.1) is 35.7 Å². The normalized spacial score (nSPS) is 11.3. The summed E-state index contributed by atoms with van der Waals surface area (Å²) in [6.45, 7) is 2.40. The fourth-order valence-corrected chi connectivity index (χ4v) is 5.34. The molecule has 0 spiro atoms. The summed E-state index contributed by atoms with van der Waals surface area (Å²) in [5.41, 5.74) is 2.47. The Balaban J connectivity index is 1.08. The minimum Gasteiger partial charge on any atom is -0.342 e. The molecule has 10 nitrogen and oxygen atoms in total. The summed E-state index contributed by atoms with van der Waals surface area (Å²) < 4.78 is 4.00. The van der Waals surface area contributed by atoms with Gasteiger partial charge in [0.2, 0.25) is 0 Å². The monoisotopic (exact) mass is 708 g/mol. The van der Waals surface area contributed by atoms with E-state index < -0.39 is 0 Å². The van der Waals surface area contributed by atoms with Crippen LogP contribution in [-0.2, 0) is 13.1 Å². The number of halogens is 2. The van der Waals surface area contributed by atoms with Crippen molar-refractivity contribution in [1.82, 2.24) is 9.80 Å². The number of hydrogen-bond donors (Lipinski definition) is 0. The highest BCUT2D eigenvalue weighted by Crippen LogP contribution is 2.20. The van der Waals surface area contributed by atoms with E-state index in [0.29, 0.717) is 70.4 Å². The van der Waals surface area contributed by atoms with E-state index in [0.717, 1.165) is 12.8 Å². The molecule has 2 amide bonds. The Hall–Kier alpha value is -5.32. The van der Waals surface area contributed by atoms with Crippen molar-refractivity contribution < 1.29 is 18.7 Å². The zero-order valence-corrected chi connectivity index (χ0v) is 29.5. The van der Waals surface area contributed by atoms with Gasteiger partial charge < -0.3 is 9.80 Å². The van der Waals surface area contributed by atoms with E-state index in [1.807, 2.05) is 82.2 Å². The molecule has 5 rings (SSSR count). The SMILES string of the molecule is CN(CCC[n+]1ccccc1N=Nc1ccc(Cl)cc1)C(=O)c1ccc(C(=O)N(C)CCC[n+]2ccccc2/N=N/c2ccc(Cl)cc2)cc1. The van der Waals surface area contributed by atoms with Crippen LogP contribution < -0.4 is 9.13 Å². The highest BCUT2D eigenvalue weighted by molar-refractivity contribution is 6.30. The van der Waals surface area contributed by atoms with Crippen LogP contribution in [0.3, 0.4) is 0 Å². The summed E-state index contributed by atoms with van der Waals surface area (Å²) in [6.07, 6.45) is 5.32. The molecule has 12 heteroatoms. The van der Waals surface area contributed by atoms with Gasteiger partial charge in [-0.25, -0.2) is 9.13 Å². The maximum atomic E-state index is 13.2. The van der Waals surface area contributed by atoms with Gasteiger partial charge in [0, 0.05) is 73.3 Å². The molecule has 0 aliphatic rings. The number of aryl methyl sites for hydroxylation is 2. The van der Waals surface area contributed by atoms with Crippen LogP contribution in [0.1, 0.15) is 33.6 Å². The lowest BCUT2D eigenvalue weighted by molar-refractivity contribution is -0.684. The highest BCUT2D eigenvalue weighted by atomic mass is 35.5. The smallest absolute Gasteiger partial charge is 0.342 e. The quantitative estimate of drug-likeness (QED) is 0.0852. The van der Waals surface area contributed by atoms with Crippen LogP contribution in [0.25, 0.3) is 0 Å². The van der Waals surface area contributed by atoms with Gasteiger partial charge in [0.1, 0.15) is 11.4 Å². The average Bonchev–Trinajstić information content (AvgIpc) is 3.14. The molecular formula is C38H38Cl2N8O2+2. The van der Waals surface area contributed by atoms with Gasteiger partial charge in [-0.05, 0) is 95.2 Å². The Morgan fingerprint density at radius 1 is 0.540 bits per heavy atom. The van der Waals surface area contributed by atoms with E-state index in [4.69, 9.17) is 23.2 Å². The van der Waals surface area contributed by atoms with Gasteiger partial charge in [-0.2, -0.15) is 0 Å². The van der Waals surface area contributed by atoms with Crippen molar-refractivity contribution in [2.24, 2.45) is 20.5 Å². The van der Waals surface area contributed by atoms with E-state index in [2.05, 4.69) is 20.5 Å². The van der Waals surface area contributed by atoms with Crippen LogP contribution in [0.4, 0.5) is 23.0 Å². The van der Waals surface area contributed by atoms with E-state index in [1.54, 1.807) is 72.4 Å². The Bertz CT molecular complexity index is 1810. The second-order valence-electron chi connectivity index (χ2n) is 11.6. The van der Waals surface area contributed by atoms with Gasteiger partial charge in [-0.1, -0.05) is 35.3 Å². The van der Waals surface area contributed by atoms with Crippen LogP contribution >= 0.6 is 23.2 Å². The molecule has 0 aliphatic heterocycles. The van der Waals surface area contributed by atoms with Crippen LogP contribution in [0.2, 0.25) is 10.0 Å². The van der Waals surface area contributed by atoms with Gasteiger partial charge in [-0.3, -0.25) is 9.59 Å². The molecule has 0 N–H and O–H groups in total. The largest absolute Gasteiger partial charge is 0.350 e. The minimum atomic E-state index is -0.109.